The summed E-state index contributed by atoms with van der Waals surface area (Å²) in [5.41, 5.74) is 0.652. The molecular weight excluding hydrogens is 730 g/mol. The van der Waals surface area contributed by atoms with Crippen molar-refractivity contribution in [2.45, 2.75) is 57.1 Å². The summed E-state index contributed by atoms with van der Waals surface area (Å²) in [5.74, 6) is -4.56. The largest absolute Gasteiger partial charge is 0.508 e. The minimum atomic E-state index is -3.89. The van der Waals surface area contributed by atoms with Gasteiger partial charge in [0, 0.05) is 45.0 Å². The highest BCUT2D eigenvalue weighted by molar-refractivity contribution is 5.83. The zero-order valence-electron chi connectivity index (χ0n) is 29.8. The number of nitrogens with zero attached hydrogens (tertiary/aromatic N) is 6. The van der Waals surface area contributed by atoms with Gasteiger partial charge in [0.15, 0.2) is 11.9 Å². The van der Waals surface area contributed by atoms with Crippen molar-refractivity contribution >= 4 is 17.8 Å². The number of benzene rings is 2. The highest BCUT2D eigenvalue weighted by Gasteiger charge is 2.59. The van der Waals surface area contributed by atoms with Gasteiger partial charge in [0.05, 0.1) is 24.3 Å². The molecule has 3 atom stereocenters. The van der Waals surface area contributed by atoms with Crippen LogP contribution in [-0.4, -0.2) is 124 Å². The molecule has 20 heteroatoms. The van der Waals surface area contributed by atoms with E-state index in [4.69, 9.17) is 14.6 Å². The number of aliphatic hydroxyl groups is 2. The molecule has 4 heterocycles. The van der Waals surface area contributed by atoms with E-state index in [1.165, 1.54) is 10.6 Å². The van der Waals surface area contributed by atoms with Gasteiger partial charge in [-0.05, 0) is 41.3 Å². The Hall–Kier alpha value is -5.70. The van der Waals surface area contributed by atoms with Gasteiger partial charge in [0.1, 0.15) is 30.0 Å². The Morgan fingerprint density at radius 1 is 1.07 bits per heavy atom. The van der Waals surface area contributed by atoms with Gasteiger partial charge in [-0.2, -0.15) is 18.9 Å². The number of hydrogen-bond donors (Lipinski definition) is 6. The fourth-order valence-corrected chi connectivity index (χ4v) is 6.43. The van der Waals surface area contributed by atoms with Crippen LogP contribution in [0.3, 0.4) is 0 Å². The van der Waals surface area contributed by atoms with Gasteiger partial charge >= 0.3 is 23.4 Å². The summed E-state index contributed by atoms with van der Waals surface area (Å²) in [7, 11) is 0. The summed E-state index contributed by atoms with van der Waals surface area (Å²) in [5, 5.41) is 48.4. The van der Waals surface area contributed by atoms with Gasteiger partial charge in [-0.3, -0.25) is 19.6 Å². The van der Waals surface area contributed by atoms with Crippen LogP contribution in [0.2, 0.25) is 0 Å². The van der Waals surface area contributed by atoms with Crippen LogP contribution in [0.15, 0.2) is 58.3 Å². The first kappa shape index (κ1) is 39.0. The number of carbonyl (C=O) groups excluding carboxylic acids is 2. The summed E-state index contributed by atoms with van der Waals surface area (Å²) in [4.78, 5) is 57.5. The Balaban J connectivity index is 0.959. The number of aromatic nitrogens is 5. The molecule has 2 amide bonds. The third kappa shape index (κ3) is 8.21. The third-order valence-corrected chi connectivity index (χ3v) is 9.43. The second-order valence-electron chi connectivity index (χ2n) is 13.4. The van der Waals surface area contributed by atoms with Crippen LogP contribution in [0.4, 0.5) is 19.4 Å². The summed E-state index contributed by atoms with van der Waals surface area (Å²) in [6, 6.07) is 11.2. The van der Waals surface area contributed by atoms with E-state index in [1.54, 1.807) is 23.1 Å². The van der Waals surface area contributed by atoms with E-state index in [9.17, 15) is 43.3 Å². The maximum Gasteiger partial charge on any atom is 0.412 e. The number of aromatic hydroxyl groups is 2. The first-order chi connectivity index (χ1) is 26.2. The zero-order chi connectivity index (χ0) is 39.6. The summed E-state index contributed by atoms with van der Waals surface area (Å²) >= 11 is 0. The highest BCUT2D eigenvalue weighted by atomic mass is 19.3. The lowest BCUT2D eigenvalue weighted by Gasteiger charge is -2.34. The van der Waals surface area contributed by atoms with E-state index in [1.807, 2.05) is 26.0 Å². The lowest BCUT2D eigenvalue weighted by atomic mass is 9.98. The number of nitrogens with one attached hydrogen (secondary N) is 2. The quantitative estimate of drug-likeness (QED) is 0.127. The molecule has 2 fully saturated rings. The van der Waals surface area contributed by atoms with E-state index in [0.29, 0.717) is 54.1 Å². The molecule has 6 N–H and O–H groups in total. The molecule has 4 aromatic rings. The molecule has 0 aliphatic carbocycles. The summed E-state index contributed by atoms with van der Waals surface area (Å²) < 4.78 is 40.5. The zero-order valence-corrected chi connectivity index (χ0v) is 29.8. The number of piperazine rings is 1. The molecule has 6 rings (SSSR count). The van der Waals surface area contributed by atoms with E-state index in [0.717, 1.165) is 17.8 Å². The molecule has 2 aromatic carbocycles. The van der Waals surface area contributed by atoms with Gasteiger partial charge in [-0.15, -0.1) is 0 Å². The number of aliphatic hydroxyl groups excluding tert-OH is 2. The third-order valence-electron chi connectivity index (χ3n) is 9.43. The number of rotatable bonds is 11. The number of hydrogen-bond acceptors (Lipinski definition) is 13. The lowest BCUT2D eigenvalue weighted by molar-refractivity contribution is -0.140. The molecule has 2 aliphatic rings. The van der Waals surface area contributed by atoms with Crippen LogP contribution in [-0.2, 0) is 20.8 Å². The number of H-pyrrole nitrogens is 1. The summed E-state index contributed by atoms with van der Waals surface area (Å²) in [6.45, 7) is 5.23. The van der Waals surface area contributed by atoms with Gasteiger partial charge < -0.3 is 34.8 Å². The Kier molecular flexibility index (Phi) is 11.3. The first-order valence-electron chi connectivity index (χ1n) is 17.4. The number of halogens is 2. The van der Waals surface area contributed by atoms with Crippen LogP contribution in [0, 0.1) is 0 Å². The predicted molar refractivity (Wildman–Crippen MR) is 189 cm³/mol. The molecule has 2 aliphatic heterocycles. The lowest BCUT2D eigenvalue weighted by Crippen LogP contribution is -2.48. The van der Waals surface area contributed by atoms with Gasteiger partial charge in [-0.1, -0.05) is 26.0 Å². The van der Waals surface area contributed by atoms with Crippen molar-refractivity contribution in [2.75, 3.05) is 44.7 Å². The van der Waals surface area contributed by atoms with Crippen LogP contribution < -0.4 is 16.7 Å². The van der Waals surface area contributed by atoms with E-state index in [-0.39, 0.29) is 48.0 Å². The van der Waals surface area contributed by atoms with Gasteiger partial charge in [-0.25, -0.2) is 24.0 Å². The minimum absolute atomic E-state index is 0.0410. The number of phenolic OH excluding ortho intramolecular Hbond substituents is 2. The van der Waals surface area contributed by atoms with Crippen molar-refractivity contribution in [2.24, 2.45) is 0 Å². The number of phenols is 2. The van der Waals surface area contributed by atoms with Crippen LogP contribution in [0.25, 0.3) is 17.1 Å². The van der Waals surface area contributed by atoms with Gasteiger partial charge in [0.25, 0.3) is 0 Å². The monoisotopic (exact) mass is 770 g/mol. The molecule has 294 valence electrons. The molecule has 18 nitrogen and oxygen atoms in total. The second-order valence-corrected chi connectivity index (χ2v) is 13.4. The van der Waals surface area contributed by atoms with Crippen LogP contribution >= 0.6 is 0 Å². The molecule has 0 saturated carbocycles. The smallest absolute Gasteiger partial charge is 0.412 e. The van der Waals surface area contributed by atoms with Crippen molar-refractivity contribution in [3.63, 3.8) is 0 Å². The van der Waals surface area contributed by atoms with Crippen molar-refractivity contribution < 1.29 is 48.3 Å². The van der Waals surface area contributed by atoms with E-state index in [2.05, 4.69) is 25.4 Å². The number of carbonyl (C=O) groups is 2. The fraction of sp³-hybridized carbons (Fsp3) is 0.429. The second kappa shape index (κ2) is 16.0. The van der Waals surface area contributed by atoms with Crippen LogP contribution in [0.1, 0.15) is 43.5 Å². The topological polar surface area (TPSA) is 238 Å². The fourth-order valence-electron chi connectivity index (χ4n) is 6.43. The molecule has 2 aromatic heterocycles. The van der Waals surface area contributed by atoms with Crippen molar-refractivity contribution in [3.05, 3.63) is 80.8 Å². The normalized spacial score (nSPS) is 19.8. The Labute approximate surface area is 311 Å². The average molecular weight is 771 g/mol. The molecule has 0 spiro atoms. The van der Waals surface area contributed by atoms with Crippen molar-refractivity contribution in [1.29, 1.82) is 0 Å². The van der Waals surface area contributed by atoms with Crippen LogP contribution in [0.5, 0.6) is 11.5 Å². The molecule has 2 saturated heterocycles. The highest BCUT2D eigenvalue weighted by Crippen LogP contribution is 2.42. The number of anilines is 1. The van der Waals surface area contributed by atoms with Gasteiger partial charge in [0.2, 0.25) is 12.1 Å². The maximum absolute atomic E-state index is 14.4. The van der Waals surface area contributed by atoms with E-state index < -0.39 is 48.4 Å². The Morgan fingerprint density at radius 2 is 1.78 bits per heavy atom. The number of aromatic amines is 1. The molecule has 0 bridgehead atoms. The maximum atomic E-state index is 14.4. The predicted octanol–water partition coefficient (Wildman–Crippen LogP) is 1.49. The standard InChI is InChI=1S/C35H40F2N8O10/c1-19(2)22-15-23(25(48)16-24(22)47)30-40-41-33(52)45(30)21-5-3-20(4-6-21)17-42-10-12-43(13-11-42)28(49)8-14-54-34(53)39-27-7-9-44(32(51)38-27)31-35(36,37)29(50)26(18-46)55-31/h3-7,9,15-16,19,26,29,31,46-48,50H,8,10-14,17-18H2,1-2H3,(H,41,52)(H,38,39,51,53)/t26-,29-,31-/m1/s1. The van der Waals surface area contributed by atoms with Crippen molar-refractivity contribution in [3.8, 4) is 28.6 Å². The SMILES string of the molecule is CC(C)c1cc(-c2n[nH]c(=O)n2-c2ccc(CN3CCN(C(=O)CCOC(=O)Nc4ccn([C@@H]5O[C@H](CO)[C@@H](O)C5(F)F)c(=O)n4)CC3)cc2)c(O)cc1O. The molecule has 0 radical (unpaired) electrons. The average Bonchev–Trinajstić information content (AvgIpc) is 3.63. The molecule has 55 heavy (non-hydrogen) atoms. The van der Waals surface area contributed by atoms with Crippen molar-refractivity contribution in [1.82, 2.24) is 34.1 Å². The Morgan fingerprint density at radius 3 is 2.42 bits per heavy atom. The van der Waals surface area contributed by atoms with E-state index >= 15 is 0 Å². The molecule has 0 unspecified atom stereocenters. The Bertz CT molecular complexity index is 2150. The number of alkyl halides is 2. The number of ether oxygens (including phenoxy) is 2. The minimum Gasteiger partial charge on any atom is -0.508 e. The first-order valence-corrected chi connectivity index (χ1v) is 17.4. The number of amides is 2. The summed E-state index contributed by atoms with van der Waals surface area (Å²) in [6.07, 6.45) is -6.41. The molecular formula is C35H40F2N8O10.